The van der Waals surface area contributed by atoms with Crippen molar-refractivity contribution in [3.63, 3.8) is 0 Å². The van der Waals surface area contributed by atoms with E-state index in [9.17, 15) is 4.39 Å². The van der Waals surface area contributed by atoms with Crippen LogP contribution in [0.4, 0.5) is 16.2 Å². The lowest BCUT2D eigenvalue weighted by Gasteiger charge is -2.07. The van der Waals surface area contributed by atoms with Crippen molar-refractivity contribution in [2.75, 3.05) is 17.6 Å². The van der Waals surface area contributed by atoms with E-state index in [1.807, 2.05) is 0 Å². The number of nitrogens with two attached hydrogens (primary N) is 1. The summed E-state index contributed by atoms with van der Waals surface area (Å²) in [5, 5.41) is 3.76. The van der Waals surface area contributed by atoms with Crippen LogP contribution < -0.4 is 11.1 Å². The maximum absolute atomic E-state index is 13.6. The summed E-state index contributed by atoms with van der Waals surface area (Å²) in [6.07, 6.45) is 0.986. The zero-order valence-electron chi connectivity index (χ0n) is 10.6. The van der Waals surface area contributed by atoms with Crippen molar-refractivity contribution < 1.29 is 4.39 Å². The van der Waals surface area contributed by atoms with Gasteiger partial charge >= 0.3 is 0 Å². The van der Waals surface area contributed by atoms with Crippen LogP contribution in [0.3, 0.4) is 0 Å². The van der Waals surface area contributed by atoms with E-state index in [2.05, 4.69) is 22.2 Å². The lowest BCUT2D eigenvalue weighted by Crippen LogP contribution is -2.05. The molecule has 19 heavy (non-hydrogen) atoms. The van der Waals surface area contributed by atoms with Crippen LogP contribution in [-0.4, -0.2) is 16.5 Å². The van der Waals surface area contributed by atoms with E-state index in [0.717, 1.165) is 13.0 Å². The van der Waals surface area contributed by atoms with Crippen molar-refractivity contribution in [3.8, 4) is 0 Å². The maximum Gasteiger partial charge on any atom is 0.223 e. The molecule has 4 nitrogen and oxygen atoms in total. The van der Waals surface area contributed by atoms with Crippen LogP contribution in [0.1, 0.15) is 13.3 Å². The summed E-state index contributed by atoms with van der Waals surface area (Å²) in [6.45, 7) is 2.87. The molecule has 2 rings (SSSR count). The van der Waals surface area contributed by atoms with Gasteiger partial charge in [-0.1, -0.05) is 30.8 Å². The van der Waals surface area contributed by atoms with Crippen molar-refractivity contribution >= 4 is 23.5 Å². The highest BCUT2D eigenvalue weighted by molar-refractivity contribution is 7.99. The largest absolute Gasteiger partial charge is 0.370 e. The summed E-state index contributed by atoms with van der Waals surface area (Å²) in [7, 11) is 0. The van der Waals surface area contributed by atoms with Gasteiger partial charge in [-0.05, 0) is 18.6 Å². The molecule has 0 bridgehead atoms. The van der Waals surface area contributed by atoms with E-state index < -0.39 is 0 Å². The topological polar surface area (TPSA) is 63.8 Å². The summed E-state index contributed by atoms with van der Waals surface area (Å²) in [5.74, 6) is 0.570. The number of benzene rings is 1. The first kappa shape index (κ1) is 13.6. The smallest absolute Gasteiger partial charge is 0.223 e. The normalized spacial score (nSPS) is 10.4. The molecule has 0 aliphatic rings. The molecule has 1 aromatic heterocycles. The number of rotatable bonds is 5. The average molecular weight is 278 g/mol. The molecule has 0 fully saturated rings. The van der Waals surface area contributed by atoms with E-state index in [-0.39, 0.29) is 11.8 Å². The fourth-order valence-corrected chi connectivity index (χ4v) is 2.33. The Labute approximate surface area is 115 Å². The fourth-order valence-electron chi connectivity index (χ4n) is 1.48. The van der Waals surface area contributed by atoms with Crippen molar-refractivity contribution in [2.24, 2.45) is 0 Å². The molecule has 0 amide bonds. The fraction of sp³-hybridized carbons (Fsp3) is 0.231. The molecule has 0 aliphatic heterocycles. The first-order valence-corrected chi connectivity index (χ1v) is 6.81. The predicted octanol–water partition coefficient (Wildman–Crippen LogP) is 3.17. The van der Waals surface area contributed by atoms with Crippen molar-refractivity contribution in [2.45, 2.75) is 23.3 Å². The highest BCUT2D eigenvalue weighted by atomic mass is 32.2. The number of nitrogen functional groups attached to an aromatic ring is 1. The molecule has 0 aliphatic carbocycles. The minimum atomic E-state index is -0.271. The van der Waals surface area contributed by atoms with E-state index in [1.165, 1.54) is 17.8 Å². The standard InChI is InChI=1S/C13H15FN4S/c1-2-7-16-11-8-12(18-13(15)17-11)19-10-6-4-3-5-9(10)14/h3-6,8H,2,7H2,1H3,(H3,15,16,17,18). The summed E-state index contributed by atoms with van der Waals surface area (Å²) in [5.41, 5.74) is 5.65. The Bertz CT molecular complexity index is 562. The van der Waals surface area contributed by atoms with Crippen LogP contribution in [-0.2, 0) is 0 Å². The second kappa shape index (κ2) is 6.38. The second-order valence-electron chi connectivity index (χ2n) is 3.91. The Kier molecular flexibility index (Phi) is 4.57. The lowest BCUT2D eigenvalue weighted by atomic mass is 10.3. The Hall–Kier alpha value is -1.82. The van der Waals surface area contributed by atoms with Gasteiger partial charge in [-0.25, -0.2) is 9.37 Å². The molecule has 100 valence electrons. The third kappa shape index (κ3) is 3.82. The van der Waals surface area contributed by atoms with Gasteiger partial charge in [0.25, 0.3) is 0 Å². The van der Waals surface area contributed by atoms with Gasteiger partial charge < -0.3 is 11.1 Å². The molecule has 2 aromatic rings. The summed E-state index contributed by atoms with van der Waals surface area (Å²) >= 11 is 1.23. The number of aromatic nitrogens is 2. The van der Waals surface area contributed by atoms with Crippen molar-refractivity contribution in [3.05, 3.63) is 36.1 Å². The second-order valence-corrected chi connectivity index (χ2v) is 4.97. The van der Waals surface area contributed by atoms with Gasteiger partial charge in [0, 0.05) is 17.5 Å². The molecule has 1 aromatic carbocycles. The molecule has 0 spiro atoms. The third-order valence-corrected chi connectivity index (χ3v) is 3.30. The Morgan fingerprint density at radius 1 is 1.32 bits per heavy atom. The third-order valence-electron chi connectivity index (χ3n) is 2.33. The Balaban J connectivity index is 2.20. The zero-order valence-corrected chi connectivity index (χ0v) is 11.4. The summed E-state index contributed by atoms with van der Waals surface area (Å²) in [6, 6.07) is 8.33. The van der Waals surface area contributed by atoms with Gasteiger partial charge in [-0.2, -0.15) is 4.98 Å². The van der Waals surface area contributed by atoms with E-state index in [4.69, 9.17) is 5.73 Å². The number of anilines is 2. The molecule has 0 saturated heterocycles. The molecule has 0 saturated carbocycles. The number of hydrogen-bond acceptors (Lipinski definition) is 5. The molecule has 3 N–H and O–H groups in total. The predicted molar refractivity (Wildman–Crippen MR) is 75.7 cm³/mol. The quantitative estimate of drug-likeness (QED) is 0.822. The molecule has 0 unspecified atom stereocenters. The van der Waals surface area contributed by atoms with Crippen LogP contribution in [0.15, 0.2) is 40.3 Å². The Morgan fingerprint density at radius 2 is 2.11 bits per heavy atom. The van der Waals surface area contributed by atoms with Gasteiger partial charge in [0.05, 0.1) is 0 Å². The molecule has 6 heteroatoms. The number of halogens is 1. The highest BCUT2D eigenvalue weighted by Gasteiger charge is 2.07. The molecular formula is C13H15FN4S. The van der Waals surface area contributed by atoms with Crippen molar-refractivity contribution in [1.82, 2.24) is 9.97 Å². The number of hydrogen-bond donors (Lipinski definition) is 2. The summed E-state index contributed by atoms with van der Waals surface area (Å²) in [4.78, 5) is 8.70. The van der Waals surface area contributed by atoms with Crippen LogP contribution in [0.25, 0.3) is 0 Å². The number of nitrogens with zero attached hydrogens (tertiary/aromatic N) is 2. The molecular weight excluding hydrogens is 263 g/mol. The van der Waals surface area contributed by atoms with E-state index >= 15 is 0 Å². The Morgan fingerprint density at radius 3 is 2.84 bits per heavy atom. The van der Waals surface area contributed by atoms with Crippen LogP contribution >= 0.6 is 11.8 Å². The van der Waals surface area contributed by atoms with Crippen LogP contribution in [0.5, 0.6) is 0 Å². The van der Waals surface area contributed by atoms with Gasteiger partial charge in [0.2, 0.25) is 5.95 Å². The summed E-state index contributed by atoms with van der Waals surface area (Å²) < 4.78 is 13.6. The average Bonchev–Trinajstić information content (AvgIpc) is 2.38. The van der Waals surface area contributed by atoms with Crippen LogP contribution in [0, 0.1) is 5.82 Å². The van der Waals surface area contributed by atoms with E-state index in [0.29, 0.717) is 15.7 Å². The first-order chi connectivity index (χ1) is 9.19. The van der Waals surface area contributed by atoms with Gasteiger partial charge in [0.15, 0.2) is 0 Å². The number of nitrogens with one attached hydrogen (secondary N) is 1. The minimum absolute atomic E-state index is 0.181. The maximum atomic E-state index is 13.6. The van der Waals surface area contributed by atoms with Crippen LogP contribution in [0.2, 0.25) is 0 Å². The van der Waals surface area contributed by atoms with E-state index in [1.54, 1.807) is 24.3 Å². The molecule has 0 radical (unpaired) electrons. The molecule has 1 heterocycles. The molecule has 0 atom stereocenters. The van der Waals surface area contributed by atoms with Gasteiger partial charge in [0.1, 0.15) is 16.7 Å². The lowest BCUT2D eigenvalue weighted by molar-refractivity contribution is 0.602. The van der Waals surface area contributed by atoms with Gasteiger partial charge in [-0.3, -0.25) is 0 Å². The van der Waals surface area contributed by atoms with Crippen molar-refractivity contribution in [1.29, 1.82) is 0 Å². The monoisotopic (exact) mass is 278 g/mol. The SMILES string of the molecule is CCCNc1cc(Sc2ccccc2F)nc(N)n1. The minimum Gasteiger partial charge on any atom is -0.370 e. The first-order valence-electron chi connectivity index (χ1n) is 6.00. The highest BCUT2D eigenvalue weighted by Crippen LogP contribution is 2.29. The van der Waals surface area contributed by atoms with Gasteiger partial charge in [-0.15, -0.1) is 0 Å². The zero-order chi connectivity index (χ0) is 13.7.